The molecule has 0 radical (unpaired) electrons. The van der Waals surface area contributed by atoms with Crippen molar-refractivity contribution in [2.24, 2.45) is 5.92 Å². The highest BCUT2D eigenvalue weighted by atomic mass is 16.7. The molecule has 0 aromatic rings. The molecule has 3 aliphatic rings. The Morgan fingerprint density at radius 1 is 1.00 bits per heavy atom. The van der Waals surface area contributed by atoms with Gasteiger partial charge in [0.25, 0.3) is 0 Å². The van der Waals surface area contributed by atoms with Gasteiger partial charge in [0.15, 0.2) is 5.79 Å². The Bertz CT molecular complexity index is 276. The Hall–Kier alpha value is -0.120. The molecule has 2 saturated carbocycles. The molecule has 0 aromatic carbocycles. The summed E-state index contributed by atoms with van der Waals surface area (Å²) in [6.07, 6.45) is 11.8. The molecule has 0 N–H and O–H groups in total. The van der Waals surface area contributed by atoms with Gasteiger partial charge in [-0.3, -0.25) is 0 Å². The maximum absolute atomic E-state index is 6.36. The van der Waals surface area contributed by atoms with Crippen LogP contribution >= 0.6 is 0 Å². The average Bonchev–Trinajstić information content (AvgIpc) is 2.90. The van der Waals surface area contributed by atoms with E-state index in [2.05, 4.69) is 6.92 Å². The SMILES string of the molecule is CCC1CCCC(OC2CCC3(CC2)OCCO3)C1. The van der Waals surface area contributed by atoms with Crippen LogP contribution in [0, 0.1) is 5.92 Å². The van der Waals surface area contributed by atoms with E-state index in [1.54, 1.807) is 0 Å². The van der Waals surface area contributed by atoms with Gasteiger partial charge in [0.1, 0.15) is 0 Å². The lowest BCUT2D eigenvalue weighted by Crippen LogP contribution is -2.39. The molecule has 0 bridgehead atoms. The Labute approximate surface area is 117 Å². The van der Waals surface area contributed by atoms with Crippen molar-refractivity contribution >= 4 is 0 Å². The van der Waals surface area contributed by atoms with Crippen LogP contribution in [-0.4, -0.2) is 31.2 Å². The molecule has 3 heteroatoms. The van der Waals surface area contributed by atoms with Crippen LogP contribution in [0.2, 0.25) is 0 Å². The number of rotatable bonds is 3. The maximum Gasteiger partial charge on any atom is 0.168 e. The highest BCUT2D eigenvalue weighted by Gasteiger charge is 2.41. The summed E-state index contributed by atoms with van der Waals surface area (Å²) in [4.78, 5) is 0. The summed E-state index contributed by atoms with van der Waals surface area (Å²) >= 11 is 0. The smallest absolute Gasteiger partial charge is 0.168 e. The van der Waals surface area contributed by atoms with Gasteiger partial charge in [-0.25, -0.2) is 0 Å². The van der Waals surface area contributed by atoms with Crippen molar-refractivity contribution in [3.05, 3.63) is 0 Å². The molecule has 1 saturated heterocycles. The predicted molar refractivity (Wildman–Crippen MR) is 74.0 cm³/mol. The first-order valence-corrected chi connectivity index (χ1v) is 8.23. The quantitative estimate of drug-likeness (QED) is 0.782. The van der Waals surface area contributed by atoms with E-state index in [4.69, 9.17) is 14.2 Å². The van der Waals surface area contributed by atoms with Crippen molar-refractivity contribution < 1.29 is 14.2 Å². The van der Waals surface area contributed by atoms with E-state index >= 15 is 0 Å². The molecular formula is C16H28O3. The minimum absolute atomic E-state index is 0.238. The summed E-state index contributed by atoms with van der Waals surface area (Å²) in [6, 6.07) is 0. The monoisotopic (exact) mass is 268 g/mol. The maximum atomic E-state index is 6.36. The van der Waals surface area contributed by atoms with Crippen LogP contribution in [0.4, 0.5) is 0 Å². The fraction of sp³-hybridized carbons (Fsp3) is 1.00. The second-order valence-corrected chi connectivity index (χ2v) is 6.51. The van der Waals surface area contributed by atoms with Crippen LogP contribution in [-0.2, 0) is 14.2 Å². The first kappa shape index (κ1) is 13.8. The fourth-order valence-electron chi connectivity index (χ4n) is 3.96. The summed E-state index contributed by atoms with van der Waals surface area (Å²) in [6.45, 7) is 3.85. The third-order valence-electron chi connectivity index (χ3n) is 5.20. The molecule has 3 fully saturated rings. The Morgan fingerprint density at radius 3 is 2.42 bits per heavy atom. The van der Waals surface area contributed by atoms with Gasteiger partial charge in [-0.05, 0) is 31.6 Å². The third kappa shape index (κ3) is 3.32. The molecule has 3 rings (SSSR count). The first-order valence-electron chi connectivity index (χ1n) is 8.23. The molecule has 2 aliphatic carbocycles. The van der Waals surface area contributed by atoms with Gasteiger partial charge in [0.05, 0.1) is 25.4 Å². The van der Waals surface area contributed by atoms with Crippen molar-refractivity contribution in [1.29, 1.82) is 0 Å². The standard InChI is InChI=1S/C16H28O3/c1-2-13-4-3-5-15(12-13)19-14-6-8-16(9-7-14)17-10-11-18-16/h13-15H,2-12H2,1H3. The van der Waals surface area contributed by atoms with Gasteiger partial charge in [0.2, 0.25) is 0 Å². The molecule has 0 aromatic heterocycles. The predicted octanol–water partition coefficient (Wildman–Crippen LogP) is 3.66. The summed E-state index contributed by atoms with van der Waals surface area (Å²) in [5, 5.41) is 0. The van der Waals surface area contributed by atoms with Gasteiger partial charge < -0.3 is 14.2 Å². The van der Waals surface area contributed by atoms with Crippen LogP contribution in [0.25, 0.3) is 0 Å². The summed E-state index contributed by atoms with van der Waals surface area (Å²) in [5.41, 5.74) is 0. The lowest BCUT2D eigenvalue weighted by Gasteiger charge is -2.38. The van der Waals surface area contributed by atoms with Crippen LogP contribution < -0.4 is 0 Å². The van der Waals surface area contributed by atoms with Crippen molar-refractivity contribution in [3.8, 4) is 0 Å². The molecule has 0 amide bonds. The largest absolute Gasteiger partial charge is 0.375 e. The first-order chi connectivity index (χ1) is 9.30. The molecule has 19 heavy (non-hydrogen) atoms. The van der Waals surface area contributed by atoms with Gasteiger partial charge in [0, 0.05) is 12.8 Å². The molecule has 110 valence electrons. The number of hydrogen-bond acceptors (Lipinski definition) is 3. The summed E-state index contributed by atoms with van der Waals surface area (Å²) < 4.78 is 17.9. The number of ether oxygens (including phenoxy) is 3. The van der Waals surface area contributed by atoms with Gasteiger partial charge in [-0.2, -0.15) is 0 Å². The van der Waals surface area contributed by atoms with Crippen molar-refractivity contribution in [1.82, 2.24) is 0 Å². The zero-order valence-electron chi connectivity index (χ0n) is 12.2. The molecule has 3 nitrogen and oxygen atoms in total. The van der Waals surface area contributed by atoms with E-state index in [9.17, 15) is 0 Å². The molecule has 1 spiro atoms. The lowest BCUT2D eigenvalue weighted by atomic mass is 9.85. The summed E-state index contributed by atoms with van der Waals surface area (Å²) in [7, 11) is 0. The topological polar surface area (TPSA) is 27.7 Å². The molecule has 2 atom stereocenters. The molecule has 1 heterocycles. The fourth-order valence-corrected chi connectivity index (χ4v) is 3.96. The van der Waals surface area contributed by atoms with Crippen LogP contribution in [0.15, 0.2) is 0 Å². The van der Waals surface area contributed by atoms with Crippen molar-refractivity contribution in [2.75, 3.05) is 13.2 Å². The van der Waals surface area contributed by atoms with Crippen molar-refractivity contribution in [3.63, 3.8) is 0 Å². The highest BCUT2D eigenvalue weighted by molar-refractivity contribution is 4.84. The minimum Gasteiger partial charge on any atom is -0.375 e. The molecular weight excluding hydrogens is 240 g/mol. The zero-order chi connectivity index (χ0) is 13.1. The minimum atomic E-state index is -0.238. The van der Waals surface area contributed by atoms with Crippen LogP contribution in [0.1, 0.15) is 64.7 Å². The van der Waals surface area contributed by atoms with Gasteiger partial charge in [-0.15, -0.1) is 0 Å². The lowest BCUT2D eigenvalue weighted by molar-refractivity contribution is -0.197. The normalized spacial score (nSPS) is 35.8. The van der Waals surface area contributed by atoms with Crippen LogP contribution in [0.3, 0.4) is 0 Å². The molecule has 2 unspecified atom stereocenters. The zero-order valence-corrected chi connectivity index (χ0v) is 12.2. The van der Waals surface area contributed by atoms with Crippen molar-refractivity contribution in [2.45, 2.75) is 82.7 Å². The number of hydrogen-bond donors (Lipinski definition) is 0. The second-order valence-electron chi connectivity index (χ2n) is 6.51. The van der Waals surface area contributed by atoms with E-state index in [0.29, 0.717) is 12.2 Å². The summed E-state index contributed by atoms with van der Waals surface area (Å²) in [5.74, 6) is 0.661. The van der Waals surface area contributed by atoms with Gasteiger partial charge in [-0.1, -0.05) is 26.2 Å². The second kappa shape index (κ2) is 6.11. The van der Waals surface area contributed by atoms with E-state index in [-0.39, 0.29) is 5.79 Å². The average molecular weight is 268 g/mol. The Kier molecular flexibility index (Phi) is 4.45. The van der Waals surface area contributed by atoms with E-state index in [1.807, 2.05) is 0 Å². The van der Waals surface area contributed by atoms with E-state index in [1.165, 1.54) is 32.1 Å². The highest BCUT2D eigenvalue weighted by Crippen LogP contribution is 2.38. The molecule has 1 aliphatic heterocycles. The Balaban J connectivity index is 1.44. The Morgan fingerprint density at radius 2 is 1.74 bits per heavy atom. The van der Waals surface area contributed by atoms with Gasteiger partial charge >= 0.3 is 0 Å². The van der Waals surface area contributed by atoms with E-state index in [0.717, 1.165) is 44.8 Å². The van der Waals surface area contributed by atoms with Crippen LogP contribution in [0.5, 0.6) is 0 Å². The third-order valence-corrected chi connectivity index (χ3v) is 5.20. The van der Waals surface area contributed by atoms with E-state index < -0.39 is 0 Å².